The molecule has 0 saturated carbocycles. The van der Waals surface area contributed by atoms with Crippen LogP contribution in [0.5, 0.6) is 0 Å². The minimum Gasteiger partial charge on any atom is -0.311 e. The van der Waals surface area contributed by atoms with E-state index in [4.69, 9.17) is 9.05 Å². The Hall–Kier alpha value is -0.110. The van der Waals surface area contributed by atoms with Gasteiger partial charge in [-0.15, -0.1) is 6.58 Å². The summed E-state index contributed by atoms with van der Waals surface area (Å²) in [4.78, 5) is 0. The molecule has 0 aromatic rings. The van der Waals surface area contributed by atoms with Gasteiger partial charge in [0.2, 0.25) is 0 Å². The van der Waals surface area contributed by atoms with Crippen molar-refractivity contribution in [2.75, 3.05) is 13.2 Å². The van der Waals surface area contributed by atoms with Gasteiger partial charge in [0.25, 0.3) is 0 Å². The fourth-order valence-electron chi connectivity index (χ4n) is 0.790. The summed E-state index contributed by atoms with van der Waals surface area (Å²) in [5, 5.41) is 0. The molecule has 0 spiro atoms. The molecule has 0 aliphatic heterocycles. The summed E-state index contributed by atoms with van der Waals surface area (Å²) in [6.07, 6.45) is 3.57. The maximum atomic E-state index is 11.0. The SMILES string of the molecule is C=CCC(C)CO[PH](=O)OCCC. The van der Waals surface area contributed by atoms with Crippen LogP contribution in [0.25, 0.3) is 0 Å². The fourth-order valence-corrected chi connectivity index (χ4v) is 1.66. The van der Waals surface area contributed by atoms with Gasteiger partial charge in [-0.3, -0.25) is 4.57 Å². The zero-order chi connectivity index (χ0) is 10.1. The van der Waals surface area contributed by atoms with Crippen LogP contribution < -0.4 is 0 Å². The topological polar surface area (TPSA) is 35.5 Å². The molecule has 0 aromatic heterocycles. The van der Waals surface area contributed by atoms with Crippen LogP contribution >= 0.6 is 8.25 Å². The summed E-state index contributed by atoms with van der Waals surface area (Å²) < 4.78 is 21.0. The van der Waals surface area contributed by atoms with Crippen LogP contribution in [0.15, 0.2) is 12.7 Å². The van der Waals surface area contributed by atoms with E-state index in [1.54, 1.807) is 0 Å². The van der Waals surface area contributed by atoms with Crippen molar-refractivity contribution in [3.8, 4) is 0 Å². The average molecular weight is 206 g/mol. The number of hydrogen-bond donors (Lipinski definition) is 0. The van der Waals surface area contributed by atoms with Gasteiger partial charge in [0.1, 0.15) is 0 Å². The summed E-state index contributed by atoms with van der Waals surface area (Å²) in [6.45, 7) is 8.60. The second kappa shape index (κ2) is 8.49. The Balaban J connectivity index is 3.39. The highest BCUT2D eigenvalue weighted by Gasteiger charge is 2.03. The second-order valence-corrected chi connectivity index (χ2v) is 4.12. The Kier molecular flexibility index (Phi) is 8.41. The van der Waals surface area contributed by atoms with E-state index in [2.05, 4.69) is 6.58 Å². The van der Waals surface area contributed by atoms with Crippen molar-refractivity contribution in [2.45, 2.75) is 26.7 Å². The van der Waals surface area contributed by atoms with Crippen molar-refractivity contribution in [1.29, 1.82) is 0 Å². The van der Waals surface area contributed by atoms with E-state index in [0.29, 0.717) is 19.1 Å². The lowest BCUT2D eigenvalue weighted by Crippen LogP contribution is -2.01. The molecule has 0 aromatic carbocycles. The lowest BCUT2D eigenvalue weighted by atomic mass is 10.1. The average Bonchev–Trinajstić information content (AvgIpc) is 2.12. The summed E-state index contributed by atoms with van der Waals surface area (Å²) in [6, 6.07) is 0. The first kappa shape index (κ1) is 12.9. The summed E-state index contributed by atoms with van der Waals surface area (Å²) in [5.74, 6) is 0.358. The van der Waals surface area contributed by atoms with Gasteiger partial charge >= 0.3 is 8.25 Å². The Bertz CT molecular complexity index is 159. The highest BCUT2D eigenvalue weighted by Crippen LogP contribution is 2.25. The van der Waals surface area contributed by atoms with Crippen molar-refractivity contribution in [1.82, 2.24) is 0 Å². The Labute approximate surface area is 81.1 Å². The van der Waals surface area contributed by atoms with Crippen molar-refractivity contribution in [2.24, 2.45) is 5.92 Å². The largest absolute Gasteiger partial charge is 0.319 e. The maximum absolute atomic E-state index is 11.0. The van der Waals surface area contributed by atoms with E-state index >= 15 is 0 Å². The molecule has 0 heterocycles. The van der Waals surface area contributed by atoms with Crippen LogP contribution in [0, 0.1) is 5.92 Å². The molecule has 0 aliphatic rings. The van der Waals surface area contributed by atoms with Gasteiger partial charge < -0.3 is 9.05 Å². The Morgan fingerprint density at radius 2 is 2.23 bits per heavy atom. The maximum Gasteiger partial charge on any atom is 0.319 e. The molecule has 0 N–H and O–H groups in total. The first-order valence-electron chi connectivity index (χ1n) is 4.61. The van der Waals surface area contributed by atoms with Crippen LogP contribution in [0.2, 0.25) is 0 Å². The van der Waals surface area contributed by atoms with Gasteiger partial charge in [0, 0.05) is 0 Å². The van der Waals surface area contributed by atoms with Crippen LogP contribution in [0.1, 0.15) is 26.7 Å². The lowest BCUT2D eigenvalue weighted by molar-refractivity contribution is 0.202. The molecule has 0 aliphatic carbocycles. The van der Waals surface area contributed by atoms with Gasteiger partial charge in [0.15, 0.2) is 0 Å². The summed E-state index contributed by atoms with van der Waals surface area (Å²) in [7, 11) is -2.25. The molecule has 0 saturated heterocycles. The fraction of sp³-hybridized carbons (Fsp3) is 0.778. The van der Waals surface area contributed by atoms with Crippen LogP contribution in [0.3, 0.4) is 0 Å². The van der Waals surface area contributed by atoms with Crippen LogP contribution in [-0.4, -0.2) is 13.2 Å². The monoisotopic (exact) mass is 206 g/mol. The summed E-state index contributed by atoms with van der Waals surface area (Å²) in [5.41, 5.74) is 0. The molecule has 0 rings (SSSR count). The Morgan fingerprint density at radius 1 is 1.54 bits per heavy atom. The number of allylic oxidation sites excluding steroid dienone is 1. The van der Waals surface area contributed by atoms with Crippen molar-refractivity contribution in [3.05, 3.63) is 12.7 Å². The van der Waals surface area contributed by atoms with Crippen LogP contribution in [0.4, 0.5) is 0 Å². The number of rotatable bonds is 8. The molecule has 2 unspecified atom stereocenters. The van der Waals surface area contributed by atoms with Gasteiger partial charge in [-0.25, -0.2) is 0 Å². The normalized spacial score (nSPS) is 15.2. The van der Waals surface area contributed by atoms with E-state index in [9.17, 15) is 4.57 Å². The van der Waals surface area contributed by atoms with Crippen molar-refractivity contribution in [3.63, 3.8) is 0 Å². The third kappa shape index (κ3) is 8.23. The van der Waals surface area contributed by atoms with Crippen LogP contribution in [-0.2, 0) is 13.6 Å². The lowest BCUT2D eigenvalue weighted by Gasteiger charge is -2.09. The number of hydrogen-bond acceptors (Lipinski definition) is 3. The molecule has 0 amide bonds. The first-order chi connectivity index (χ1) is 6.20. The zero-order valence-corrected chi connectivity index (χ0v) is 9.41. The molecule has 0 bridgehead atoms. The minimum absolute atomic E-state index is 0.358. The smallest absolute Gasteiger partial charge is 0.311 e. The van der Waals surface area contributed by atoms with Gasteiger partial charge in [-0.2, -0.15) is 0 Å². The molecular formula is C9H19O3P. The van der Waals surface area contributed by atoms with Gasteiger partial charge in [0.05, 0.1) is 13.2 Å². The van der Waals surface area contributed by atoms with E-state index in [0.717, 1.165) is 12.8 Å². The predicted molar refractivity (Wildman–Crippen MR) is 55.2 cm³/mol. The quantitative estimate of drug-likeness (QED) is 0.452. The zero-order valence-electron chi connectivity index (χ0n) is 8.41. The molecule has 2 atom stereocenters. The van der Waals surface area contributed by atoms with E-state index in [1.165, 1.54) is 0 Å². The summed E-state index contributed by atoms with van der Waals surface area (Å²) >= 11 is 0. The van der Waals surface area contributed by atoms with E-state index in [-0.39, 0.29) is 0 Å². The predicted octanol–water partition coefficient (Wildman–Crippen LogP) is 3.03. The molecule has 78 valence electrons. The molecular weight excluding hydrogens is 187 g/mol. The third-order valence-corrected chi connectivity index (χ3v) is 2.32. The van der Waals surface area contributed by atoms with Crippen molar-refractivity contribution < 1.29 is 13.6 Å². The standard InChI is InChI=1S/C9H19O3P/c1-4-6-9(3)8-12-13(10)11-7-5-2/h4,9,13H,1,5-8H2,2-3H3. The van der Waals surface area contributed by atoms with Gasteiger partial charge in [-0.05, 0) is 18.8 Å². The second-order valence-electron chi connectivity index (χ2n) is 3.04. The molecule has 0 fully saturated rings. The van der Waals surface area contributed by atoms with Crippen molar-refractivity contribution >= 4 is 8.25 Å². The van der Waals surface area contributed by atoms with E-state index < -0.39 is 8.25 Å². The molecule has 0 radical (unpaired) electrons. The minimum atomic E-state index is -2.25. The highest BCUT2D eigenvalue weighted by molar-refractivity contribution is 7.33. The molecule has 4 heteroatoms. The highest BCUT2D eigenvalue weighted by atomic mass is 31.1. The Morgan fingerprint density at radius 3 is 2.77 bits per heavy atom. The first-order valence-corrected chi connectivity index (χ1v) is 5.83. The third-order valence-electron chi connectivity index (χ3n) is 1.48. The molecule has 3 nitrogen and oxygen atoms in total. The molecule has 13 heavy (non-hydrogen) atoms. The van der Waals surface area contributed by atoms with Gasteiger partial charge in [-0.1, -0.05) is 19.9 Å². The van der Waals surface area contributed by atoms with E-state index in [1.807, 2.05) is 19.9 Å².